The number of hydrogen-bond acceptors (Lipinski definition) is 4. The number of nitrogens with two attached hydrogens (primary N) is 1. The van der Waals surface area contributed by atoms with Crippen molar-refractivity contribution in [1.29, 1.82) is 0 Å². The molecular weight excluding hydrogens is 152 g/mol. The molecule has 1 aromatic heterocycles. The first-order valence-corrected chi connectivity index (χ1v) is 4.59. The summed E-state index contributed by atoms with van der Waals surface area (Å²) >= 11 is 0. The lowest BCUT2D eigenvalue weighted by molar-refractivity contribution is 1.14. The summed E-state index contributed by atoms with van der Waals surface area (Å²) in [5, 5.41) is 6.15. The van der Waals surface area contributed by atoms with Gasteiger partial charge in [-0.05, 0) is 33.9 Å². The van der Waals surface area contributed by atoms with Crippen LogP contribution in [0.1, 0.15) is 0 Å². The molecular formula is C5H6N2S2. The van der Waals surface area contributed by atoms with Gasteiger partial charge in [0, 0.05) is 6.20 Å². The van der Waals surface area contributed by atoms with E-state index in [2.05, 4.69) is 4.98 Å². The number of rotatable bonds is 2. The van der Waals surface area contributed by atoms with Gasteiger partial charge >= 0.3 is 0 Å². The van der Waals surface area contributed by atoms with Crippen molar-refractivity contribution in [3.8, 4) is 0 Å². The zero-order valence-electron chi connectivity index (χ0n) is 4.65. The Labute approximate surface area is 61.8 Å². The van der Waals surface area contributed by atoms with Crippen LogP contribution in [-0.2, 0) is 0 Å². The van der Waals surface area contributed by atoms with Crippen molar-refractivity contribution in [2.24, 2.45) is 5.14 Å². The van der Waals surface area contributed by atoms with E-state index in [4.69, 9.17) is 5.14 Å². The number of aromatic nitrogens is 1. The molecule has 48 valence electrons. The van der Waals surface area contributed by atoms with E-state index >= 15 is 0 Å². The van der Waals surface area contributed by atoms with Gasteiger partial charge in [0.2, 0.25) is 0 Å². The van der Waals surface area contributed by atoms with E-state index in [-0.39, 0.29) is 0 Å². The van der Waals surface area contributed by atoms with E-state index in [1.807, 2.05) is 18.2 Å². The molecule has 0 atom stereocenters. The van der Waals surface area contributed by atoms with E-state index in [9.17, 15) is 0 Å². The first-order chi connectivity index (χ1) is 4.43. The van der Waals surface area contributed by atoms with Crippen molar-refractivity contribution < 1.29 is 0 Å². The number of nitrogens with zero attached hydrogens (tertiary/aromatic N) is 1. The summed E-state index contributed by atoms with van der Waals surface area (Å²) in [6.07, 6.45) is 1.75. The van der Waals surface area contributed by atoms with Crippen LogP contribution in [0.3, 0.4) is 0 Å². The largest absolute Gasteiger partial charge is 0.268 e. The third kappa shape index (κ3) is 2.26. The maximum atomic E-state index is 5.20. The van der Waals surface area contributed by atoms with Gasteiger partial charge in [-0.3, -0.25) is 5.14 Å². The molecule has 0 radical (unpaired) electrons. The van der Waals surface area contributed by atoms with Crippen LogP contribution in [0.15, 0.2) is 29.4 Å². The molecule has 2 nitrogen and oxygen atoms in total. The Balaban J connectivity index is 2.61. The average Bonchev–Trinajstić information content (AvgIpc) is 1.91. The maximum absolute atomic E-state index is 5.20. The molecule has 0 amide bonds. The third-order valence-electron chi connectivity index (χ3n) is 0.771. The van der Waals surface area contributed by atoms with E-state index in [0.717, 1.165) is 5.03 Å². The van der Waals surface area contributed by atoms with Gasteiger partial charge in [-0.2, -0.15) is 0 Å². The lowest BCUT2D eigenvalue weighted by atomic mass is 10.5. The van der Waals surface area contributed by atoms with Gasteiger partial charge in [0.25, 0.3) is 0 Å². The molecule has 0 bridgehead atoms. The summed E-state index contributed by atoms with van der Waals surface area (Å²) in [6, 6.07) is 5.74. The second-order valence-corrected chi connectivity index (χ2v) is 3.20. The molecule has 0 aliphatic rings. The molecule has 0 aliphatic heterocycles. The molecule has 4 heteroatoms. The van der Waals surface area contributed by atoms with Crippen molar-refractivity contribution >= 4 is 21.8 Å². The van der Waals surface area contributed by atoms with Crippen LogP contribution in [0.4, 0.5) is 0 Å². The fraction of sp³-hybridized carbons (Fsp3) is 0. The summed E-state index contributed by atoms with van der Waals surface area (Å²) < 4.78 is 0. The van der Waals surface area contributed by atoms with Crippen LogP contribution in [0.2, 0.25) is 0 Å². The highest BCUT2D eigenvalue weighted by Gasteiger charge is 1.88. The van der Waals surface area contributed by atoms with Crippen LogP contribution < -0.4 is 5.14 Å². The minimum atomic E-state index is 0.949. The van der Waals surface area contributed by atoms with Gasteiger partial charge in [-0.1, -0.05) is 6.07 Å². The van der Waals surface area contributed by atoms with Crippen molar-refractivity contribution in [3.05, 3.63) is 24.4 Å². The Hall–Kier alpha value is -0.190. The standard InChI is InChI=1S/C5H6N2S2/c6-9-8-5-3-1-2-4-7-5/h1-4H,6H2. The minimum Gasteiger partial charge on any atom is -0.268 e. The van der Waals surface area contributed by atoms with E-state index < -0.39 is 0 Å². The molecule has 0 aromatic carbocycles. The van der Waals surface area contributed by atoms with Gasteiger partial charge in [-0.25, -0.2) is 4.98 Å². The quantitative estimate of drug-likeness (QED) is 0.525. The predicted octanol–water partition coefficient (Wildman–Crippen LogP) is 1.70. The van der Waals surface area contributed by atoms with Crippen molar-refractivity contribution in [2.75, 3.05) is 0 Å². The van der Waals surface area contributed by atoms with Crippen molar-refractivity contribution in [1.82, 2.24) is 4.98 Å². The van der Waals surface area contributed by atoms with E-state index in [0.29, 0.717) is 0 Å². The number of hydrogen-bond donors (Lipinski definition) is 1. The molecule has 0 saturated heterocycles. The van der Waals surface area contributed by atoms with Crippen LogP contribution >= 0.6 is 21.8 Å². The van der Waals surface area contributed by atoms with Crippen LogP contribution in [-0.4, -0.2) is 4.98 Å². The topological polar surface area (TPSA) is 38.9 Å². The Bertz CT molecular complexity index is 166. The Kier molecular flexibility index (Phi) is 2.90. The predicted molar refractivity (Wildman–Crippen MR) is 41.9 cm³/mol. The summed E-state index contributed by atoms with van der Waals surface area (Å²) in [6.45, 7) is 0. The SMILES string of the molecule is NSSc1ccccn1. The van der Waals surface area contributed by atoms with Gasteiger partial charge in [0.1, 0.15) is 5.03 Å². The molecule has 1 aromatic rings. The highest BCUT2D eigenvalue weighted by Crippen LogP contribution is 2.22. The molecule has 0 spiro atoms. The molecule has 2 N–H and O–H groups in total. The van der Waals surface area contributed by atoms with Crippen molar-refractivity contribution in [2.45, 2.75) is 5.03 Å². The first-order valence-electron chi connectivity index (χ1n) is 2.38. The summed E-state index contributed by atoms with van der Waals surface area (Å²) in [5.74, 6) is 0. The van der Waals surface area contributed by atoms with Gasteiger partial charge < -0.3 is 0 Å². The molecule has 1 heterocycles. The van der Waals surface area contributed by atoms with Crippen LogP contribution in [0.5, 0.6) is 0 Å². The summed E-state index contributed by atoms with van der Waals surface area (Å²) in [7, 11) is 2.67. The molecule has 0 unspecified atom stereocenters. The van der Waals surface area contributed by atoms with Crippen LogP contribution in [0.25, 0.3) is 0 Å². The van der Waals surface area contributed by atoms with Gasteiger partial charge in [0.05, 0.1) is 0 Å². The lowest BCUT2D eigenvalue weighted by Crippen LogP contribution is -1.75. The highest BCUT2D eigenvalue weighted by molar-refractivity contribution is 8.75. The zero-order chi connectivity index (χ0) is 6.53. The molecule has 0 fully saturated rings. The fourth-order valence-corrected chi connectivity index (χ4v) is 1.37. The van der Waals surface area contributed by atoms with E-state index in [1.165, 1.54) is 21.8 Å². The Morgan fingerprint density at radius 3 is 2.89 bits per heavy atom. The summed E-state index contributed by atoms with van der Waals surface area (Å²) in [5.41, 5.74) is 0. The summed E-state index contributed by atoms with van der Waals surface area (Å²) in [4.78, 5) is 4.03. The number of pyridine rings is 1. The molecule has 1 rings (SSSR count). The van der Waals surface area contributed by atoms with Crippen LogP contribution in [0, 0.1) is 0 Å². The molecule has 9 heavy (non-hydrogen) atoms. The second kappa shape index (κ2) is 3.76. The second-order valence-electron chi connectivity index (χ2n) is 1.35. The normalized spacial score (nSPS) is 9.44. The van der Waals surface area contributed by atoms with Gasteiger partial charge in [-0.15, -0.1) is 0 Å². The maximum Gasteiger partial charge on any atom is 0.108 e. The fourth-order valence-electron chi connectivity index (χ4n) is 0.446. The average molecular weight is 158 g/mol. The Morgan fingerprint density at radius 1 is 1.44 bits per heavy atom. The molecule has 0 saturated carbocycles. The van der Waals surface area contributed by atoms with Crippen molar-refractivity contribution in [3.63, 3.8) is 0 Å². The monoisotopic (exact) mass is 158 g/mol. The smallest absolute Gasteiger partial charge is 0.108 e. The third-order valence-corrected chi connectivity index (χ3v) is 2.08. The lowest BCUT2D eigenvalue weighted by Gasteiger charge is -1.91. The highest BCUT2D eigenvalue weighted by atomic mass is 33.1. The first kappa shape index (κ1) is 6.92. The van der Waals surface area contributed by atoms with E-state index in [1.54, 1.807) is 6.20 Å². The molecule has 0 aliphatic carbocycles. The zero-order valence-corrected chi connectivity index (χ0v) is 6.28. The van der Waals surface area contributed by atoms with Gasteiger partial charge in [0.15, 0.2) is 0 Å². The Morgan fingerprint density at radius 2 is 2.33 bits per heavy atom. The minimum absolute atomic E-state index is 0.949.